The van der Waals surface area contributed by atoms with Crippen LogP contribution < -0.4 is 0 Å². The molecule has 164 valence electrons. The average molecular weight is 461 g/mol. The first-order valence-electron chi connectivity index (χ1n) is 11.2. The minimum atomic E-state index is -1.13. The van der Waals surface area contributed by atoms with Crippen molar-refractivity contribution in [3.63, 3.8) is 0 Å². The monoisotopic (exact) mass is 460 g/mol. The fourth-order valence-electron chi connectivity index (χ4n) is 4.41. The highest BCUT2D eigenvalue weighted by molar-refractivity contribution is 8.76. The summed E-state index contributed by atoms with van der Waals surface area (Å²) in [5.41, 5.74) is 5.23. The number of aryl methyl sites for hydroxylation is 1. The minimum absolute atomic E-state index is 0.506. The van der Waals surface area contributed by atoms with Gasteiger partial charge in [-0.15, -0.1) is 0 Å². The van der Waals surface area contributed by atoms with Gasteiger partial charge in [0.25, 0.3) is 0 Å². The minimum Gasteiger partial charge on any atom is -0.366 e. The second-order valence-electron chi connectivity index (χ2n) is 8.74. The summed E-state index contributed by atoms with van der Waals surface area (Å²) >= 11 is 0. The SMILES string of the molecule is CC1(O)CCc2ccc3c(cccc3c2)CSSCc2cccc3cc(ccc23)CCO1. The molecular weight excluding hydrogens is 432 g/mol. The van der Waals surface area contributed by atoms with Crippen LogP contribution in [0.2, 0.25) is 0 Å². The number of rotatable bonds is 0. The maximum Gasteiger partial charge on any atom is 0.162 e. The average Bonchev–Trinajstić information content (AvgIpc) is 2.79. The lowest BCUT2D eigenvalue weighted by Gasteiger charge is -2.24. The Balaban J connectivity index is 1.46. The highest BCUT2D eigenvalue weighted by Crippen LogP contribution is 2.34. The van der Waals surface area contributed by atoms with E-state index >= 15 is 0 Å². The van der Waals surface area contributed by atoms with E-state index in [1.807, 2.05) is 21.6 Å². The van der Waals surface area contributed by atoms with Crippen LogP contribution in [0.25, 0.3) is 21.5 Å². The van der Waals surface area contributed by atoms with Crippen molar-refractivity contribution in [2.45, 2.75) is 43.5 Å². The molecule has 2 nitrogen and oxygen atoms in total. The van der Waals surface area contributed by atoms with Gasteiger partial charge >= 0.3 is 0 Å². The lowest BCUT2D eigenvalue weighted by molar-refractivity contribution is -0.192. The van der Waals surface area contributed by atoms with Crippen LogP contribution in [-0.4, -0.2) is 17.5 Å². The van der Waals surface area contributed by atoms with Gasteiger partial charge in [-0.2, -0.15) is 0 Å². The molecule has 0 saturated carbocycles. The highest BCUT2D eigenvalue weighted by Gasteiger charge is 2.21. The van der Waals surface area contributed by atoms with Crippen molar-refractivity contribution in [3.05, 3.63) is 95.1 Å². The van der Waals surface area contributed by atoms with Crippen molar-refractivity contribution in [2.24, 2.45) is 0 Å². The number of ether oxygens (including phenoxy) is 1. The topological polar surface area (TPSA) is 29.5 Å². The molecule has 8 rings (SSSR count). The molecule has 0 aliphatic carbocycles. The van der Waals surface area contributed by atoms with E-state index in [1.54, 1.807) is 6.92 Å². The van der Waals surface area contributed by atoms with Crippen molar-refractivity contribution < 1.29 is 9.84 Å². The fourth-order valence-corrected chi connectivity index (χ4v) is 6.60. The molecule has 4 aromatic rings. The fraction of sp³-hybridized carbons (Fsp3) is 0.286. The van der Waals surface area contributed by atoms with Crippen LogP contribution in [0.4, 0.5) is 0 Å². The van der Waals surface area contributed by atoms with Gasteiger partial charge in [0, 0.05) is 17.9 Å². The van der Waals surface area contributed by atoms with Crippen LogP contribution >= 0.6 is 21.6 Å². The van der Waals surface area contributed by atoms with E-state index in [1.165, 1.54) is 43.8 Å². The molecule has 1 N–H and O–H groups in total. The summed E-state index contributed by atoms with van der Waals surface area (Å²) in [6.07, 6.45) is 2.15. The molecule has 4 aliphatic heterocycles. The van der Waals surface area contributed by atoms with Gasteiger partial charge in [-0.3, -0.25) is 0 Å². The van der Waals surface area contributed by atoms with Gasteiger partial charge in [-0.1, -0.05) is 94.4 Å². The molecule has 1 atom stereocenters. The van der Waals surface area contributed by atoms with Crippen molar-refractivity contribution in [1.82, 2.24) is 0 Å². The molecule has 4 aliphatic rings. The normalized spacial score (nSPS) is 20.4. The number of hydrogen-bond acceptors (Lipinski definition) is 4. The van der Waals surface area contributed by atoms with Gasteiger partial charge < -0.3 is 9.84 Å². The zero-order chi connectivity index (χ0) is 22.0. The van der Waals surface area contributed by atoms with Crippen molar-refractivity contribution in [1.29, 1.82) is 0 Å². The summed E-state index contributed by atoms with van der Waals surface area (Å²) in [6, 6.07) is 26.5. The van der Waals surface area contributed by atoms with Crippen molar-refractivity contribution in [2.75, 3.05) is 6.61 Å². The lowest BCUT2D eigenvalue weighted by atomic mass is 9.99. The molecule has 0 amide bonds. The number of benzene rings is 4. The molecule has 0 aromatic heterocycles. The Hall–Kier alpha value is -1.98. The molecule has 32 heavy (non-hydrogen) atoms. The Kier molecular flexibility index (Phi) is 6.47. The Morgan fingerprint density at radius 1 is 0.750 bits per heavy atom. The molecule has 1 unspecified atom stereocenters. The zero-order valence-corrected chi connectivity index (χ0v) is 20.0. The van der Waals surface area contributed by atoms with Gasteiger partial charge in [0.05, 0.1) is 6.61 Å². The van der Waals surface area contributed by atoms with Crippen LogP contribution in [0.15, 0.2) is 72.8 Å². The van der Waals surface area contributed by atoms with Crippen LogP contribution in [-0.2, 0) is 29.1 Å². The van der Waals surface area contributed by atoms with Crippen LogP contribution in [0.1, 0.15) is 35.6 Å². The first-order valence-corrected chi connectivity index (χ1v) is 13.7. The quantitative estimate of drug-likeness (QED) is 0.279. The summed E-state index contributed by atoms with van der Waals surface area (Å²) in [4.78, 5) is 0. The van der Waals surface area contributed by atoms with Crippen LogP contribution in [0.3, 0.4) is 0 Å². The third-order valence-electron chi connectivity index (χ3n) is 6.26. The molecule has 0 radical (unpaired) electrons. The van der Waals surface area contributed by atoms with E-state index in [2.05, 4.69) is 72.8 Å². The number of hydrogen-bond donors (Lipinski definition) is 1. The molecule has 0 saturated heterocycles. The van der Waals surface area contributed by atoms with E-state index in [-0.39, 0.29) is 0 Å². The van der Waals surface area contributed by atoms with Gasteiger partial charge in [0.15, 0.2) is 5.79 Å². The van der Waals surface area contributed by atoms with Gasteiger partial charge in [-0.05, 0) is 63.6 Å². The van der Waals surface area contributed by atoms with E-state index < -0.39 is 5.79 Å². The Morgan fingerprint density at radius 3 is 1.91 bits per heavy atom. The third kappa shape index (κ3) is 4.99. The Labute approximate surface area is 197 Å². The lowest BCUT2D eigenvalue weighted by Crippen LogP contribution is -2.29. The van der Waals surface area contributed by atoms with Crippen molar-refractivity contribution in [3.8, 4) is 0 Å². The largest absolute Gasteiger partial charge is 0.366 e. The van der Waals surface area contributed by atoms with Gasteiger partial charge in [0.2, 0.25) is 0 Å². The van der Waals surface area contributed by atoms with Gasteiger partial charge in [0.1, 0.15) is 0 Å². The van der Waals surface area contributed by atoms with Crippen LogP contribution in [0.5, 0.6) is 0 Å². The summed E-state index contributed by atoms with van der Waals surface area (Å²) in [7, 11) is 3.85. The van der Waals surface area contributed by atoms with E-state index in [0.29, 0.717) is 13.0 Å². The smallest absolute Gasteiger partial charge is 0.162 e. The third-order valence-corrected chi connectivity index (χ3v) is 8.50. The summed E-state index contributed by atoms with van der Waals surface area (Å²) < 4.78 is 5.89. The molecule has 4 aromatic carbocycles. The molecule has 4 heteroatoms. The summed E-state index contributed by atoms with van der Waals surface area (Å²) in [6.45, 7) is 2.28. The molecule has 0 fully saturated rings. The Bertz CT molecular complexity index is 1250. The number of aliphatic hydroxyl groups is 1. The standard InChI is InChI=1S/C28H28O2S2/c1-28(29)14-12-20-8-10-26-22(16-20)4-2-6-24(26)18-31-32-19-25-7-3-5-23-17-21(13-15-30-28)9-11-27(23)25/h2-11,16-17,29H,12-15,18-19H2,1H3. The predicted molar refractivity (Wildman–Crippen MR) is 139 cm³/mol. The zero-order valence-electron chi connectivity index (χ0n) is 18.3. The molecule has 0 spiro atoms. The highest BCUT2D eigenvalue weighted by atomic mass is 33.1. The predicted octanol–water partition coefficient (Wildman–Crippen LogP) is 7.29. The summed E-state index contributed by atoms with van der Waals surface area (Å²) in [5.74, 6) is 0.844. The molecule has 8 bridgehead atoms. The van der Waals surface area contributed by atoms with E-state index in [0.717, 1.165) is 24.3 Å². The summed E-state index contributed by atoms with van der Waals surface area (Å²) in [5, 5.41) is 16.0. The van der Waals surface area contributed by atoms with Crippen molar-refractivity contribution >= 4 is 43.1 Å². The second kappa shape index (κ2) is 9.48. The molecular formula is C28H28O2S2. The van der Waals surface area contributed by atoms with Crippen LogP contribution in [0, 0.1) is 0 Å². The Morgan fingerprint density at radius 2 is 1.31 bits per heavy atom. The van der Waals surface area contributed by atoms with E-state index in [9.17, 15) is 5.11 Å². The maximum absolute atomic E-state index is 10.8. The first-order chi connectivity index (χ1) is 15.6. The first kappa shape index (κ1) is 21.8. The van der Waals surface area contributed by atoms with Gasteiger partial charge in [-0.25, -0.2) is 0 Å². The second-order valence-corrected chi connectivity index (χ2v) is 11.2. The molecule has 4 heterocycles. The maximum atomic E-state index is 10.8. The van der Waals surface area contributed by atoms with E-state index in [4.69, 9.17) is 4.74 Å².